The lowest BCUT2D eigenvalue weighted by Gasteiger charge is -2.22. The number of benzene rings is 2. The standard InChI is InChI=1S/C21H25N7O/c1-17-13-26(15-18-5-3-2-4-6-18)11-12-27(14-17)21(29)23-19-7-9-20(10-8-19)28-16-22-24-25-28/h2-10,16-17H,11-15H2,1H3,(H,23,29). The van der Waals surface area contributed by atoms with Crippen molar-refractivity contribution in [1.82, 2.24) is 30.0 Å². The van der Waals surface area contributed by atoms with Gasteiger partial charge in [-0.15, -0.1) is 5.10 Å². The second-order valence-corrected chi connectivity index (χ2v) is 7.50. The topological polar surface area (TPSA) is 79.2 Å². The van der Waals surface area contributed by atoms with Crippen LogP contribution in [0.3, 0.4) is 0 Å². The molecule has 2 aromatic carbocycles. The van der Waals surface area contributed by atoms with Gasteiger partial charge in [-0.2, -0.15) is 0 Å². The Hall–Kier alpha value is -3.26. The van der Waals surface area contributed by atoms with Crippen LogP contribution < -0.4 is 5.32 Å². The summed E-state index contributed by atoms with van der Waals surface area (Å²) < 4.78 is 1.57. The third-order valence-corrected chi connectivity index (χ3v) is 5.06. The maximum absolute atomic E-state index is 12.8. The molecule has 1 atom stereocenters. The van der Waals surface area contributed by atoms with Crippen molar-refractivity contribution in [3.05, 3.63) is 66.5 Å². The molecule has 1 aliphatic rings. The van der Waals surface area contributed by atoms with E-state index in [1.165, 1.54) is 11.9 Å². The highest BCUT2D eigenvalue weighted by Gasteiger charge is 2.23. The van der Waals surface area contributed by atoms with E-state index in [-0.39, 0.29) is 6.03 Å². The van der Waals surface area contributed by atoms with Crippen molar-refractivity contribution in [1.29, 1.82) is 0 Å². The molecule has 4 rings (SSSR count). The lowest BCUT2D eigenvalue weighted by molar-refractivity contribution is 0.209. The molecule has 2 amide bonds. The van der Waals surface area contributed by atoms with Crippen LogP contribution in [0.25, 0.3) is 5.69 Å². The summed E-state index contributed by atoms with van der Waals surface area (Å²) in [5, 5.41) is 14.1. The smallest absolute Gasteiger partial charge is 0.321 e. The quantitative estimate of drug-likeness (QED) is 0.740. The van der Waals surface area contributed by atoms with E-state index in [0.717, 1.165) is 37.6 Å². The molecular weight excluding hydrogens is 366 g/mol. The van der Waals surface area contributed by atoms with Gasteiger partial charge in [-0.25, -0.2) is 9.48 Å². The molecule has 0 spiro atoms. The second-order valence-electron chi connectivity index (χ2n) is 7.50. The van der Waals surface area contributed by atoms with Crippen LogP contribution in [0.5, 0.6) is 0 Å². The fourth-order valence-electron chi connectivity index (χ4n) is 3.67. The Morgan fingerprint density at radius 1 is 1.07 bits per heavy atom. The third kappa shape index (κ3) is 4.97. The number of nitrogens with one attached hydrogen (secondary N) is 1. The number of amides is 2. The fourth-order valence-corrected chi connectivity index (χ4v) is 3.67. The molecule has 150 valence electrons. The molecule has 29 heavy (non-hydrogen) atoms. The van der Waals surface area contributed by atoms with E-state index in [9.17, 15) is 4.79 Å². The molecule has 0 saturated carbocycles. The van der Waals surface area contributed by atoms with Crippen LogP contribution in [0.2, 0.25) is 0 Å². The lowest BCUT2D eigenvalue weighted by atomic mass is 10.1. The highest BCUT2D eigenvalue weighted by molar-refractivity contribution is 5.89. The van der Waals surface area contributed by atoms with Crippen LogP contribution in [-0.4, -0.2) is 62.2 Å². The molecule has 0 bridgehead atoms. The monoisotopic (exact) mass is 391 g/mol. The minimum atomic E-state index is -0.0615. The van der Waals surface area contributed by atoms with Crippen LogP contribution in [0.4, 0.5) is 10.5 Å². The first-order valence-corrected chi connectivity index (χ1v) is 9.83. The molecule has 1 unspecified atom stereocenters. The average molecular weight is 391 g/mol. The van der Waals surface area contributed by atoms with E-state index < -0.39 is 0 Å². The minimum Gasteiger partial charge on any atom is -0.323 e. The Kier molecular flexibility index (Phi) is 5.81. The molecule has 0 aliphatic carbocycles. The first-order valence-electron chi connectivity index (χ1n) is 9.83. The normalized spacial score (nSPS) is 17.7. The van der Waals surface area contributed by atoms with E-state index in [1.54, 1.807) is 4.68 Å². The SMILES string of the molecule is CC1CN(Cc2ccccc2)CCN(C(=O)Nc2ccc(-n3cnnn3)cc2)C1. The van der Waals surface area contributed by atoms with Crippen molar-refractivity contribution in [3.63, 3.8) is 0 Å². The molecule has 1 N–H and O–H groups in total. The Labute approximate surface area is 170 Å². The van der Waals surface area contributed by atoms with Crippen molar-refractivity contribution in [2.45, 2.75) is 13.5 Å². The third-order valence-electron chi connectivity index (χ3n) is 5.06. The first-order chi connectivity index (χ1) is 14.2. The number of urea groups is 1. The van der Waals surface area contributed by atoms with Gasteiger partial charge in [0, 0.05) is 38.4 Å². The number of hydrogen-bond donors (Lipinski definition) is 1. The largest absolute Gasteiger partial charge is 0.323 e. The van der Waals surface area contributed by atoms with E-state index >= 15 is 0 Å². The van der Waals surface area contributed by atoms with Gasteiger partial charge in [0.1, 0.15) is 6.33 Å². The Balaban J connectivity index is 1.35. The van der Waals surface area contributed by atoms with Gasteiger partial charge in [-0.05, 0) is 46.2 Å². The predicted molar refractivity (Wildman–Crippen MR) is 111 cm³/mol. The van der Waals surface area contributed by atoms with Gasteiger partial charge in [0.05, 0.1) is 5.69 Å². The van der Waals surface area contributed by atoms with Gasteiger partial charge < -0.3 is 10.2 Å². The van der Waals surface area contributed by atoms with Gasteiger partial charge in [-0.3, -0.25) is 4.90 Å². The Morgan fingerprint density at radius 3 is 2.59 bits per heavy atom. The lowest BCUT2D eigenvalue weighted by Crippen LogP contribution is -2.38. The second kappa shape index (κ2) is 8.83. The van der Waals surface area contributed by atoms with Gasteiger partial charge >= 0.3 is 6.03 Å². The van der Waals surface area contributed by atoms with Crippen molar-refractivity contribution in [2.75, 3.05) is 31.5 Å². The molecule has 0 radical (unpaired) electrons. The molecule has 1 aromatic heterocycles. The number of rotatable bonds is 4. The van der Waals surface area contributed by atoms with Crippen LogP contribution >= 0.6 is 0 Å². The zero-order valence-electron chi connectivity index (χ0n) is 16.5. The molecule has 1 saturated heterocycles. The van der Waals surface area contributed by atoms with Gasteiger partial charge in [0.15, 0.2) is 0 Å². The first kappa shape index (κ1) is 19.1. The van der Waals surface area contributed by atoms with E-state index in [0.29, 0.717) is 12.5 Å². The van der Waals surface area contributed by atoms with Crippen molar-refractivity contribution >= 4 is 11.7 Å². The van der Waals surface area contributed by atoms with Crippen molar-refractivity contribution < 1.29 is 4.79 Å². The number of tetrazole rings is 1. The highest BCUT2D eigenvalue weighted by Crippen LogP contribution is 2.16. The highest BCUT2D eigenvalue weighted by atomic mass is 16.2. The zero-order valence-corrected chi connectivity index (χ0v) is 16.5. The maximum Gasteiger partial charge on any atom is 0.321 e. The van der Waals surface area contributed by atoms with Crippen LogP contribution in [-0.2, 0) is 6.54 Å². The molecule has 8 nitrogen and oxygen atoms in total. The van der Waals surface area contributed by atoms with E-state index in [1.807, 2.05) is 35.2 Å². The molecule has 1 fully saturated rings. The number of carbonyl (C=O) groups is 1. The van der Waals surface area contributed by atoms with Gasteiger partial charge in [0.2, 0.25) is 0 Å². The number of hydrogen-bond acceptors (Lipinski definition) is 5. The van der Waals surface area contributed by atoms with E-state index in [2.05, 4.69) is 56.9 Å². The molecule has 3 aromatic rings. The van der Waals surface area contributed by atoms with Gasteiger partial charge in [-0.1, -0.05) is 37.3 Å². The van der Waals surface area contributed by atoms with Gasteiger partial charge in [0.25, 0.3) is 0 Å². The Bertz CT molecular complexity index is 912. The molecule has 8 heteroatoms. The minimum absolute atomic E-state index is 0.0615. The summed E-state index contributed by atoms with van der Waals surface area (Å²) >= 11 is 0. The van der Waals surface area contributed by atoms with Crippen molar-refractivity contribution in [3.8, 4) is 5.69 Å². The van der Waals surface area contributed by atoms with E-state index in [4.69, 9.17) is 0 Å². The molecule has 1 aliphatic heterocycles. The zero-order chi connectivity index (χ0) is 20.1. The summed E-state index contributed by atoms with van der Waals surface area (Å²) in [6.45, 7) is 6.43. The number of carbonyl (C=O) groups excluding carboxylic acids is 1. The van der Waals surface area contributed by atoms with Crippen LogP contribution in [0.1, 0.15) is 12.5 Å². The van der Waals surface area contributed by atoms with Crippen molar-refractivity contribution in [2.24, 2.45) is 5.92 Å². The fraction of sp³-hybridized carbons (Fsp3) is 0.333. The summed E-state index contributed by atoms with van der Waals surface area (Å²) in [5.74, 6) is 0.411. The van der Waals surface area contributed by atoms with Crippen LogP contribution in [0, 0.1) is 5.92 Å². The summed E-state index contributed by atoms with van der Waals surface area (Å²) in [6, 6.07) is 17.9. The number of aromatic nitrogens is 4. The summed E-state index contributed by atoms with van der Waals surface area (Å²) in [4.78, 5) is 17.1. The molecular formula is C21H25N7O. The number of anilines is 1. The predicted octanol–water partition coefficient (Wildman–Crippen LogP) is 2.65. The summed E-state index contributed by atoms with van der Waals surface area (Å²) in [7, 11) is 0. The van der Waals surface area contributed by atoms with Crippen LogP contribution in [0.15, 0.2) is 60.9 Å². The summed E-state index contributed by atoms with van der Waals surface area (Å²) in [5.41, 5.74) is 2.90. The average Bonchev–Trinajstić information content (AvgIpc) is 3.20. The Morgan fingerprint density at radius 2 is 1.86 bits per heavy atom. The maximum atomic E-state index is 12.8. The summed E-state index contributed by atoms with van der Waals surface area (Å²) in [6.07, 6.45) is 1.54. The molecule has 2 heterocycles. The number of nitrogens with zero attached hydrogens (tertiary/aromatic N) is 6.